The van der Waals surface area contributed by atoms with Gasteiger partial charge in [0.15, 0.2) is 0 Å². The van der Waals surface area contributed by atoms with Gasteiger partial charge in [0.1, 0.15) is 6.73 Å². The molecule has 1 aliphatic heterocycles. The maximum Gasteiger partial charge on any atom is 0.319 e. The third-order valence-corrected chi connectivity index (χ3v) is 8.47. The first-order chi connectivity index (χ1) is 16.8. The van der Waals surface area contributed by atoms with Crippen LogP contribution in [0.5, 0.6) is 0 Å². The number of carbonyl (C=O) groups is 1. The number of anilines is 1. The van der Waals surface area contributed by atoms with E-state index in [1.807, 2.05) is 47.3 Å². The largest absolute Gasteiger partial charge is 0.360 e. The molecule has 2 atom stereocenters. The number of carbonyl (C=O) groups excluding carboxylic acids is 1. The van der Waals surface area contributed by atoms with Gasteiger partial charge in [-0.2, -0.15) is 5.10 Å². The van der Waals surface area contributed by atoms with Gasteiger partial charge in [0.2, 0.25) is 0 Å². The van der Waals surface area contributed by atoms with Gasteiger partial charge in [-0.25, -0.2) is 9.48 Å². The highest BCUT2D eigenvalue weighted by Crippen LogP contribution is 2.28. The number of aromatic nitrogens is 2. The molecule has 8 heteroatoms. The number of amides is 2. The van der Waals surface area contributed by atoms with Crippen LogP contribution in [-0.4, -0.2) is 55.0 Å². The summed E-state index contributed by atoms with van der Waals surface area (Å²) in [4.78, 5) is 15.4. The lowest BCUT2D eigenvalue weighted by molar-refractivity contribution is 0.0817. The molecule has 2 heterocycles. The van der Waals surface area contributed by atoms with Crippen LogP contribution < -0.4 is 10.6 Å². The van der Waals surface area contributed by atoms with Crippen molar-refractivity contribution in [3.8, 4) is 0 Å². The average Bonchev–Trinajstić information content (AvgIpc) is 3.23. The molecule has 2 aromatic carbocycles. The molecule has 1 saturated heterocycles. The second-order valence-corrected chi connectivity index (χ2v) is 16.4. The van der Waals surface area contributed by atoms with Gasteiger partial charge in [0.25, 0.3) is 0 Å². The number of nitrogens with one attached hydrogen (secondary N) is 2. The van der Waals surface area contributed by atoms with E-state index in [1.54, 1.807) is 0 Å². The molecular formula is C27H39N5O2Si. The van der Waals surface area contributed by atoms with Gasteiger partial charge in [0, 0.05) is 31.8 Å². The van der Waals surface area contributed by atoms with Crippen LogP contribution in [0.2, 0.25) is 25.7 Å². The predicted molar refractivity (Wildman–Crippen MR) is 145 cm³/mol. The minimum Gasteiger partial charge on any atom is -0.360 e. The molecule has 0 aliphatic carbocycles. The maximum absolute atomic E-state index is 13.1. The summed E-state index contributed by atoms with van der Waals surface area (Å²) in [5.41, 5.74) is 2.88. The Morgan fingerprint density at radius 2 is 1.97 bits per heavy atom. The molecule has 1 fully saturated rings. The van der Waals surface area contributed by atoms with Crippen molar-refractivity contribution in [1.82, 2.24) is 20.0 Å². The second-order valence-electron chi connectivity index (χ2n) is 10.8. The van der Waals surface area contributed by atoms with Gasteiger partial charge in [-0.15, -0.1) is 0 Å². The molecule has 35 heavy (non-hydrogen) atoms. The number of urea groups is 1. The zero-order chi connectivity index (χ0) is 24.8. The van der Waals surface area contributed by atoms with Gasteiger partial charge in [-0.3, -0.25) is 0 Å². The molecule has 1 aliphatic rings. The van der Waals surface area contributed by atoms with Gasteiger partial charge in [-0.05, 0) is 56.2 Å². The van der Waals surface area contributed by atoms with Crippen molar-refractivity contribution in [2.24, 2.45) is 0 Å². The summed E-state index contributed by atoms with van der Waals surface area (Å²) in [6.07, 6.45) is 5.29. The van der Waals surface area contributed by atoms with E-state index < -0.39 is 8.07 Å². The van der Waals surface area contributed by atoms with E-state index >= 15 is 0 Å². The van der Waals surface area contributed by atoms with Crippen LogP contribution in [0.15, 0.2) is 54.7 Å². The lowest BCUT2D eigenvalue weighted by Gasteiger charge is -2.38. The van der Waals surface area contributed by atoms with Crippen molar-refractivity contribution in [3.63, 3.8) is 0 Å². The third-order valence-electron chi connectivity index (χ3n) is 6.77. The molecule has 1 aromatic heterocycles. The van der Waals surface area contributed by atoms with Gasteiger partial charge >= 0.3 is 6.03 Å². The van der Waals surface area contributed by atoms with Crippen LogP contribution in [0.4, 0.5) is 10.5 Å². The van der Waals surface area contributed by atoms with Crippen molar-refractivity contribution in [3.05, 3.63) is 60.3 Å². The van der Waals surface area contributed by atoms with E-state index in [0.29, 0.717) is 6.73 Å². The maximum atomic E-state index is 13.1. The first kappa shape index (κ1) is 25.4. The summed E-state index contributed by atoms with van der Waals surface area (Å²) in [5, 5.41) is 11.7. The Bertz CT molecular complexity index is 1110. The van der Waals surface area contributed by atoms with Crippen LogP contribution in [0.25, 0.3) is 10.9 Å². The first-order valence-corrected chi connectivity index (χ1v) is 16.4. The number of nitrogens with zero attached hydrogens (tertiary/aromatic N) is 3. The monoisotopic (exact) mass is 493 g/mol. The topological polar surface area (TPSA) is 71.4 Å². The molecule has 7 nitrogen and oxygen atoms in total. The van der Waals surface area contributed by atoms with E-state index in [1.165, 1.54) is 12.8 Å². The molecule has 0 unspecified atom stereocenters. The van der Waals surface area contributed by atoms with Crippen LogP contribution in [0, 0.1) is 0 Å². The Morgan fingerprint density at radius 3 is 2.71 bits per heavy atom. The Morgan fingerprint density at radius 1 is 1.17 bits per heavy atom. The summed E-state index contributed by atoms with van der Waals surface area (Å²) >= 11 is 0. The molecule has 2 amide bonds. The molecule has 4 rings (SSSR count). The quantitative estimate of drug-likeness (QED) is 0.296. The lowest BCUT2D eigenvalue weighted by Crippen LogP contribution is -2.47. The average molecular weight is 494 g/mol. The van der Waals surface area contributed by atoms with Crippen molar-refractivity contribution < 1.29 is 9.53 Å². The highest BCUT2D eigenvalue weighted by molar-refractivity contribution is 6.76. The van der Waals surface area contributed by atoms with Crippen LogP contribution >= 0.6 is 0 Å². The Hall–Kier alpha value is -2.68. The minimum atomic E-state index is -1.11. The molecular weight excluding hydrogens is 454 g/mol. The third kappa shape index (κ3) is 6.93. The fourth-order valence-corrected chi connectivity index (χ4v) is 5.45. The van der Waals surface area contributed by atoms with E-state index in [4.69, 9.17) is 4.74 Å². The van der Waals surface area contributed by atoms with Gasteiger partial charge in [0.05, 0.1) is 17.8 Å². The molecule has 2 N–H and O–H groups in total. The standard InChI is InChI=1S/C27H39N5O2Si/c1-31-15-9-8-12-25(31)26(21-10-6-5-7-11-21)30-27(33)29-23-13-14-24-22(18-23)19-28-32(24)20-34-16-17-35(2,3)4/h5-7,10-11,13-14,18-19,25-26H,8-9,12,15-17,20H2,1-4H3,(H2,29,30,33)/t25-,26-/m1/s1. The van der Waals surface area contributed by atoms with E-state index in [9.17, 15) is 4.79 Å². The number of likely N-dealkylation sites (tertiary alicyclic amines) is 1. The number of rotatable bonds is 9. The van der Waals surface area contributed by atoms with Crippen LogP contribution in [0.3, 0.4) is 0 Å². The summed E-state index contributed by atoms with van der Waals surface area (Å²) in [6.45, 7) is 9.30. The molecule has 0 saturated carbocycles. The van der Waals surface area contributed by atoms with Crippen molar-refractivity contribution in [2.75, 3.05) is 25.5 Å². The van der Waals surface area contributed by atoms with E-state index in [0.717, 1.165) is 47.8 Å². The lowest BCUT2D eigenvalue weighted by atomic mass is 9.91. The highest BCUT2D eigenvalue weighted by Gasteiger charge is 2.30. The minimum absolute atomic E-state index is 0.0683. The van der Waals surface area contributed by atoms with Gasteiger partial charge < -0.3 is 20.3 Å². The smallest absolute Gasteiger partial charge is 0.319 e. The second kappa shape index (κ2) is 11.4. The fraction of sp³-hybridized carbons (Fsp3) is 0.481. The van der Waals surface area contributed by atoms with Crippen molar-refractivity contribution in [2.45, 2.75) is 63.8 Å². The van der Waals surface area contributed by atoms with E-state index in [2.05, 4.69) is 59.5 Å². The molecule has 0 spiro atoms. The van der Waals surface area contributed by atoms with Gasteiger partial charge in [-0.1, -0.05) is 56.4 Å². The zero-order valence-electron chi connectivity index (χ0n) is 21.5. The summed E-state index contributed by atoms with van der Waals surface area (Å²) in [7, 11) is 1.04. The number of likely N-dealkylation sites (N-methyl/N-ethyl adjacent to an activating group) is 1. The molecule has 188 valence electrons. The highest BCUT2D eigenvalue weighted by atomic mass is 28.3. The summed E-state index contributed by atoms with van der Waals surface area (Å²) in [6, 6.07) is 17.3. The Balaban J connectivity index is 1.40. The molecule has 0 bridgehead atoms. The number of hydrogen-bond acceptors (Lipinski definition) is 4. The normalized spacial score (nSPS) is 17.9. The van der Waals surface area contributed by atoms with Crippen LogP contribution in [-0.2, 0) is 11.5 Å². The number of fused-ring (bicyclic) bond motifs is 1. The number of piperidine rings is 1. The Labute approximate surface area is 209 Å². The Kier molecular flexibility index (Phi) is 8.25. The SMILES string of the molecule is CN1CCCC[C@@H]1[C@H](NC(=O)Nc1ccc2c(cnn2COCC[Si](C)(C)C)c1)c1ccccc1. The van der Waals surface area contributed by atoms with Crippen LogP contribution in [0.1, 0.15) is 30.9 Å². The summed E-state index contributed by atoms with van der Waals surface area (Å²) < 4.78 is 7.73. The fourth-order valence-electron chi connectivity index (χ4n) is 4.69. The zero-order valence-corrected chi connectivity index (χ0v) is 22.5. The number of hydrogen-bond donors (Lipinski definition) is 2. The molecule has 0 radical (unpaired) electrons. The van der Waals surface area contributed by atoms with Crippen molar-refractivity contribution in [1.29, 1.82) is 0 Å². The molecule has 3 aromatic rings. The number of benzene rings is 2. The number of ether oxygens (including phenoxy) is 1. The van der Waals surface area contributed by atoms with Crippen molar-refractivity contribution >= 4 is 30.7 Å². The van der Waals surface area contributed by atoms with E-state index in [-0.39, 0.29) is 18.1 Å². The summed E-state index contributed by atoms with van der Waals surface area (Å²) in [5.74, 6) is 0. The first-order valence-electron chi connectivity index (χ1n) is 12.7. The predicted octanol–water partition coefficient (Wildman–Crippen LogP) is 5.70.